The van der Waals surface area contributed by atoms with Gasteiger partial charge in [0.15, 0.2) is 11.5 Å². The number of rotatable bonds is 9. The third-order valence-electron chi connectivity index (χ3n) is 4.69. The number of amides is 1. The zero-order valence-corrected chi connectivity index (χ0v) is 17.5. The molecule has 7 heteroatoms. The molecule has 0 spiro atoms. The van der Waals surface area contributed by atoms with E-state index < -0.39 is 0 Å². The van der Waals surface area contributed by atoms with Crippen LogP contribution in [0.2, 0.25) is 5.02 Å². The smallest absolute Gasteiger partial charge is 0.256 e. The van der Waals surface area contributed by atoms with Crippen LogP contribution in [0.1, 0.15) is 43.5 Å². The zero-order valence-electron chi connectivity index (χ0n) is 16.7. The second-order valence-electron chi connectivity index (χ2n) is 6.98. The van der Waals surface area contributed by atoms with Crippen molar-refractivity contribution < 1.29 is 19.0 Å². The SMILES string of the molecule is COCCCOc1cc(C(=O)N(C(C)C)[C@@H]2CCCNC2)c(Cl)cc1OC. The third kappa shape index (κ3) is 5.74. The Morgan fingerprint density at radius 3 is 2.67 bits per heavy atom. The van der Waals surface area contributed by atoms with E-state index in [-0.39, 0.29) is 18.0 Å². The largest absolute Gasteiger partial charge is 0.493 e. The lowest BCUT2D eigenvalue weighted by Gasteiger charge is -2.38. The number of nitrogens with zero attached hydrogens (tertiary/aromatic N) is 1. The molecule has 0 saturated carbocycles. The Morgan fingerprint density at radius 1 is 1.30 bits per heavy atom. The highest BCUT2D eigenvalue weighted by molar-refractivity contribution is 6.34. The van der Waals surface area contributed by atoms with Crippen molar-refractivity contribution in [1.29, 1.82) is 0 Å². The van der Waals surface area contributed by atoms with Crippen LogP contribution in [0.3, 0.4) is 0 Å². The summed E-state index contributed by atoms with van der Waals surface area (Å²) in [5, 5.41) is 3.75. The average molecular weight is 399 g/mol. The molecule has 1 aliphatic rings. The lowest BCUT2D eigenvalue weighted by molar-refractivity contribution is 0.0573. The predicted molar refractivity (Wildman–Crippen MR) is 107 cm³/mol. The summed E-state index contributed by atoms with van der Waals surface area (Å²) in [6.07, 6.45) is 2.80. The Labute approximate surface area is 167 Å². The van der Waals surface area contributed by atoms with Crippen LogP contribution in [-0.2, 0) is 4.74 Å². The third-order valence-corrected chi connectivity index (χ3v) is 5.00. The minimum absolute atomic E-state index is 0.0756. The van der Waals surface area contributed by atoms with Crippen molar-refractivity contribution in [3.8, 4) is 11.5 Å². The number of piperidine rings is 1. The molecule has 0 unspecified atom stereocenters. The normalized spacial score (nSPS) is 17.0. The summed E-state index contributed by atoms with van der Waals surface area (Å²) < 4.78 is 16.2. The molecular formula is C20H31ClN2O4. The first-order valence-corrected chi connectivity index (χ1v) is 9.90. The molecule has 0 radical (unpaired) electrons. The first kappa shape index (κ1) is 21.8. The van der Waals surface area contributed by atoms with Crippen LogP contribution < -0.4 is 14.8 Å². The minimum atomic E-state index is -0.0758. The zero-order chi connectivity index (χ0) is 19.8. The molecule has 1 N–H and O–H groups in total. The summed E-state index contributed by atoms with van der Waals surface area (Å²) in [4.78, 5) is 15.3. The summed E-state index contributed by atoms with van der Waals surface area (Å²) in [6, 6.07) is 3.59. The number of benzene rings is 1. The molecule has 1 aliphatic heterocycles. The Kier molecular flexibility index (Phi) is 8.67. The molecule has 0 aliphatic carbocycles. The Balaban J connectivity index is 2.26. The second-order valence-corrected chi connectivity index (χ2v) is 7.39. The van der Waals surface area contributed by atoms with Gasteiger partial charge < -0.3 is 24.4 Å². The topological polar surface area (TPSA) is 60.0 Å². The van der Waals surface area contributed by atoms with Crippen LogP contribution in [0.15, 0.2) is 12.1 Å². The Hall–Kier alpha value is -1.50. The molecule has 2 rings (SSSR count). The lowest BCUT2D eigenvalue weighted by atomic mass is 10.0. The van der Waals surface area contributed by atoms with E-state index in [0.717, 1.165) is 32.4 Å². The monoisotopic (exact) mass is 398 g/mol. The molecule has 0 bridgehead atoms. The van der Waals surface area contributed by atoms with Crippen LogP contribution >= 0.6 is 11.6 Å². The van der Waals surface area contributed by atoms with Crippen LogP contribution in [0.5, 0.6) is 11.5 Å². The van der Waals surface area contributed by atoms with Crippen molar-refractivity contribution in [3.05, 3.63) is 22.7 Å². The van der Waals surface area contributed by atoms with Gasteiger partial charge in [-0.3, -0.25) is 4.79 Å². The quantitative estimate of drug-likeness (QED) is 0.646. The second kappa shape index (κ2) is 10.7. The van der Waals surface area contributed by atoms with Crippen LogP contribution in [0.4, 0.5) is 0 Å². The lowest BCUT2D eigenvalue weighted by Crippen LogP contribution is -2.51. The number of ether oxygens (including phenoxy) is 3. The van der Waals surface area contributed by atoms with Crippen molar-refractivity contribution in [2.45, 2.75) is 45.2 Å². The van der Waals surface area contributed by atoms with Crippen LogP contribution in [0.25, 0.3) is 0 Å². The highest BCUT2D eigenvalue weighted by atomic mass is 35.5. The highest BCUT2D eigenvalue weighted by Crippen LogP contribution is 2.35. The number of hydrogen-bond donors (Lipinski definition) is 1. The maximum absolute atomic E-state index is 13.3. The van der Waals surface area contributed by atoms with E-state index in [9.17, 15) is 4.79 Å². The first-order chi connectivity index (χ1) is 13.0. The summed E-state index contributed by atoms with van der Waals surface area (Å²) >= 11 is 6.43. The fourth-order valence-corrected chi connectivity index (χ4v) is 3.62. The molecule has 152 valence electrons. The molecule has 1 heterocycles. The van der Waals surface area contributed by atoms with Crippen molar-refractivity contribution >= 4 is 17.5 Å². The van der Waals surface area contributed by atoms with E-state index >= 15 is 0 Å². The van der Waals surface area contributed by atoms with E-state index in [1.807, 2.05) is 18.7 Å². The molecule has 1 atom stereocenters. The molecule has 1 amide bonds. The highest BCUT2D eigenvalue weighted by Gasteiger charge is 2.30. The number of halogens is 1. The fraction of sp³-hybridized carbons (Fsp3) is 0.650. The number of methoxy groups -OCH3 is 2. The van der Waals surface area contributed by atoms with Crippen LogP contribution in [0, 0.1) is 0 Å². The molecule has 1 aromatic rings. The number of hydrogen-bond acceptors (Lipinski definition) is 5. The van der Waals surface area contributed by atoms with Gasteiger partial charge in [-0.15, -0.1) is 0 Å². The van der Waals surface area contributed by atoms with Gasteiger partial charge in [-0.2, -0.15) is 0 Å². The van der Waals surface area contributed by atoms with E-state index in [1.54, 1.807) is 26.4 Å². The van der Waals surface area contributed by atoms with Gasteiger partial charge in [0.1, 0.15) is 0 Å². The van der Waals surface area contributed by atoms with Crippen LogP contribution in [-0.4, -0.2) is 63.4 Å². The molecule has 27 heavy (non-hydrogen) atoms. The molecular weight excluding hydrogens is 368 g/mol. The van der Waals surface area contributed by atoms with E-state index in [1.165, 1.54) is 0 Å². The maximum Gasteiger partial charge on any atom is 0.256 e. The Bertz CT molecular complexity index is 618. The van der Waals surface area contributed by atoms with E-state index in [0.29, 0.717) is 35.3 Å². The average Bonchev–Trinajstić information content (AvgIpc) is 2.66. The van der Waals surface area contributed by atoms with Gasteiger partial charge in [-0.1, -0.05) is 11.6 Å². The van der Waals surface area contributed by atoms with Gasteiger partial charge in [0.25, 0.3) is 5.91 Å². The van der Waals surface area contributed by atoms with Crippen molar-refractivity contribution in [3.63, 3.8) is 0 Å². The molecule has 0 aromatic heterocycles. The number of carbonyl (C=O) groups excluding carboxylic acids is 1. The summed E-state index contributed by atoms with van der Waals surface area (Å²) in [7, 11) is 3.21. The van der Waals surface area contributed by atoms with Gasteiger partial charge in [-0.25, -0.2) is 0 Å². The molecule has 1 fully saturated rings. The van der Waals surface area contributed by atoms with Gasteiger partial charge in [0, 0.05) is 44.8 Å². The standard InChI is InChI=1S/C20H31ClN2O4/c1-14(2)23(15-7-5-8-22-13-15)20(24)16-11-19(27-10-6-9-25-3)18(26-4)12-17(16)21/h11-12,14-15,22H,5-10,13H2,1-4H3/t15-/m1/s1. The Morgan fingerprint density at radius 2 is 2.07 bits per heavy atom. The number of nitrogens with one attached hydrogen (secondary N) is 1. The van der Waals surface area contributed by atoms with E-state index in [4.69, 9.17) is 25.8 Å². The predicted octanol–water partition coefficient (Wildman–Crippen LogP) is 3.37. The molecule has 6 nitrogen and oxygen atoms in total. The molecule has 1 saturated heterocycles. The summed E-state index contributed by atoms with van der Waals surface area (Å²) in [5.74, 6) is 0.962. The van der Waals surface area contributed by atoms with Gasteiger partial charge in [-0.05, 0) is 39.3 Å². The van der Waals surface area contributed by atoms with Gasteiger partial charge in [0.05, 0.1) is 24.3 Å². The van der Waals surface area contributed by atoms with Gasteiger partial charge >= 0.3 is 0 Å². The maximum atomic E-state index is 13.3. The fourth-order valence-electron chi connectivity index (χ4n) is 3.39. The van der Waals surface area contributed by atoms with E-state index in [2.05, 4.69) is 5.32 Å². The minimum Gasteiger partial charge on any atom is -0.493 e. The number of carbonyl (C=O) groups is 1. The van der Waals surface area contributed by atoms with Crippen molar-refractivity contribution in [2.24, 2.45) is 0 Å². The summed E-state index contributed by atoms with van der Waals surface area (Å²) in [6.45, 7) is 6.95. The van der Waals surface area contributed by atoms with Crippen molar-refractivity contribution in [2.75, 3.05) is 40.5 Å². The molecule has 1 aromatic carbocycles. The first-order valence-electron chi connectivity index (χ1n) is 9.52. The van der Waals surface area contributed by atoms with Crippen molar-refractivity contribution in [1.82, 2.24) is 10.2 Å². The van der Waals surface area contributed by atoms with Gasteiger partial charge in [0.2, 0.25) is 0 Å². The summed E-state index contributed by atoms with van der Waals surface area (Å²) in [5.41, 5.74) is 0.443.